The fraction of sp³-hybridized carbons (Fsp3) is 0.667. The Labute approximate surface area is 82.0 Å². The summed E-state index contributed by atoms with van der Waals surface area (Å²) >= 11 is 0. The summed E-state index contributed by atoms with van der Waals surface area (Å²) in [6.45, 7) is 2.38. The third kappa shape index (κ3) is 2.04. The van der Waals surface area contributed by atoms with Gasteiger partial charge in [0.15, 0.2) is 11.7 Å². The molecule has 0 aromatic rings. The Balaban J connectivity index is 1.95. The molecule has 1 heterocycles. The lowest BCUT2D eigenvalue weighted by atomic mass is 10.3. The third-order valence-electron chi connectivity index (χ3n) is 2.34. The summed E-state index contributed by atoms with van der Waals surface area (Å²) < 4.78 is 18.3. The zero-order valence-electron chi connectivity index (χ0n) is 8.09. The van der Waals surface area contributed by atoms with E-state index in [4.69, 9.17) is 10.5 Å². The molecule has 14 heavy (non-hydrogen) atoms. The number of nitrogens with zero attached hydrogens (tertiary/aromatic N) is 1. The van der Waals surface area contributed by atoms with Crippen LogP contribution in [-0.2, 0) is 4.74 Å². The lowest BCUT2D eigenvalue weighted by molar-refractivity contribution is -0.0475. The molecule has 4 nitrogen and oxygen atoms in total. The van der Waals surface area contributed by atoms with E-state index in [0.717, 1.165) is 0 Å². The van der Waals surface area contributed by atoms with Crippen molar-refractivity contribution in [2.45, 2.75) is 25.6 Å². The normalized spacial score (nSPS) is 31.9. The summed E-state index contributed by atoms with van der Waals surface area (Å²) in [5.74, 6) is -0.914. The number of hydrogen-bond acceptors (Lipinski definition) is 4. The Bertz CT molecular complexity index is 298. The minimum absolute atomic E-state index is 0.109. The molecule has 1 saturated carbocycles. The van der Waals surface area contributed by atoms with E-state index in [0.29, 0.717) is 12.5 Å². The van der Waals surface area contributed by atoms with Crippen molar-refractivity contribution in [3.63, 3.8) is 0 Å². The number of nitrogens with one attached hydrogen (secondary N) is 1. The van der Waals surface area contributed by atoms with Crippen LogP contribution in [0.15, 0.2) is 17.0 Å². The molecule has 0 aromatic carbocycles. The first kappa shape index (κ1) is 9.45. The molecule has 2 rings (SSSR count). The second kappa shape index (κ2) is 3.24. The van der Waals surface area contributed by atoms with Gasteiger partial charge in [0.25, 0.3) is 0 Å². The van der Waals surface area contributed by atoms with E-state index in [1.54, 1.807) is 6.92 Å². The Morgan fingerprint density at radius 2 is 2.50 bits per heavy atom. The van der Waals surface area contributed by atoms with E-state index in [1.807, 2.05) is 0 Å². The first-order valence-electron chi connectivity index (χ1n) is 4.72. The Kier molecular flexibility index (Phi) is 2.19. The molecular formula is C9H14FN3O. The molecule has 1 aliphatic heterocycles. The van der Waals surface area contributed by atoms with Crippen LogP contribution in [0, 0.1) is 5.92 Å². The highest BCUT2D eigenvalue weighted by molar-refractivity contribution is 5.95. The van der Waals surface area contributed by atoms with Crippen LogP contribution in [0.2, 0.25) is 0 Å². The summed E-state index contributed by atoms with van der Waals surface area (Å²) in [6.07, 6.45) is 3.61. The molecule has 2 aliphatic rings. The van der Waals surface area contributed by atoms with Crippen LogP contribution < -0.4 is 11.1 Å². The molecule has 1 atom stereocenters. The van der Waals surface area contributed by atoms with Gasteiger partial charge in [0.1, 0.15) is 0 Å². The highest BCUT2D eigenvalue weighted by atomic mass is 19.1. The lowest BCUT2D eigenvalue weighted by Crippen LogP contribution is -2.45. The molecule has 0 bridgehead atoms. The second-order valence-electron chi connectivity index (χ2n) is 3.87. The SMILES string of the molecule is CC1(OCC2CC2)N=C(N)C(F)=CN1. The number of rotatable bonds is 3. The largest absolute Gasteiger partial charge is 0.381 e. The van der Waals surface area contributed by atoms with Crippen molar-refractivity contribution in [2.75, 3.05) is 6.61 Å². The average Bonchev–Trinajstić information content (AvgIpc) is 2.93. The van der Waals surface area contributed by atoms with Crippen LogP contribution in [0.1, 0.15) is 19.8 Å². The molecule has 1 aliphatic carbocycles. The summed E-state index contributed by atoms with van der Waals surface area (Å²) in [7, 11) is 0. The first-order chi connectivity index (χ1) is 6.59. The Morgan fingerprint density at radius 3 is 3.07 bits per heavy atom. The van der Waals surface area contributed by atoms with E-state index in [-0.39, 0.29) is 5.84 Å². The highest BCUT2D eigenvalue weighted by Crippen LogP contribution is 2.30. The smallest absolute Gasteiger partial charge is 0.235 e. The number of halogens is 1. The number of aliphatic imine (C=N–C) groups is 1. The zero-order valence-corrected chi connectivity index (χ0v) is 8.09. The van der Waals surface area contributed by atoms with Crippen molar-refractivity contribution < 1.29 is 9.13 Å². The van der Waals surface area contributed by atoms with Crippen molar-refractivity contribution >= 4 is 5.84 Å². The molecule has 1 unspecified atom stereocenters. The standard InChI is InChI=1S/C9H14FN3O/c1-9(14-5-6-2-3-6)12-4-7(10)8(11)13-9/h4,6,12H,2-3,5H2,1H3,(H2,11,13). The summed E-state index contributed by atoms with van der Waals surface area (Å²) in [4.78, 5) is 3.91. The summed E-state index contributed by atoms with van der Waals surface area (Å²) in [5, 5.41) is 2.73. The third-order valence-corrected chi connectivity index (χ3v) is 2.34. The monoisotopic (exact) mass is 199 g/mol. The van der Waals surface area contributed by atoms with E-state index in [2.05, 4.69) is 10.3 Å². The van der Waals surface area contributed by atoms with E-state index >= 15 is 0 Å². The van der Waals surface area contributed by atoms with Crippen molar-refractivity contribution in [1.82, 2.24) is 5.32 Å². The minimum atomic E-state index is -0.901. The summed E-state index contributed by atoms with van der Waals surface area (Å²) in [6, 6.07) is 0. The molecular weight excluding hydrogens is 185 g/mol. The number of nitrogens with two attached hydrogens (primary N) is 1. The maximum Gasteiger partial charge on any atom is 0.235 e. The predicted octanol–water partition coefficient (Wildman–Crippen LogP) is 0.858. The summed E-state index contributed by atoms with van der Waals surface area (Å²) in [5.41, 5.74) is 5.36. The molecule has 0 spiro atoms. The molecule has 0 radical (unpaired) electrons. The van der Waals surface area contributed by atoms with Gasteiger partial charge in [0.2, 0.25) is 5.85 Å². The molecule has 0 aromatic heterocycles. The van der Waals surface area contributed by atoms with Gasteiger partial charge >= 0.3 is 0 Å². The van der Waals surface area contributed by atoms with E-state index in [1.165, 1.54) is 19.0 Å². The minimum Gasteiger partial charge on any atom is -0.381 e. The molecule has 0 amide bonds. The van der Waals surface area contributed by atoms with Crippen molar-refractivity contribution in [3.05, 3.63) is 12.0 Å². The molecule has 5 heteroatoms. The van der Waals surface area contributed by atoms with E-state index in [9.17, 15) is 4.39 Å². The topological polar surface area (TPSA) is 59.6 Å². The molecule has 1 fully saturated rings. The highest BCUT2D eigenvalue weighted by Gasteiger charge is 2.31. The number of amidine groups is 1. The van der Waals surface area contributed by atoms with E-state index < -0.39 is 11.7 Å². The van der Waals surface area contributed by atoms with Crippen molar-refractivity contribution in [2.24, 2.45) is 16.6 Å². The van der Waals surface area contributed by atoms with Gasteiger partial charge in [-0.3, -0.25) is 0 Å². The van der Waals surface area contributed by atoms with Crippen LogP contribution in [0.4, 0.5) is 4.39 Å². The fourth-order valence-electron chi connectivity index (χ4n) is 1.23. The fourth-order valence-corrected chi connectivity index (χ4v) is 1.23. The first-order valence-corrected chi connectivity index (χ1v) is 4.72. The second-order valence-corrected chi connectivity index (χ2v) is 3.87. The van der Waals surface area contributed by atoms with Crippen molar-refractivity contribution in [1.29, 1.82) is 0 Å². The number of ether oxygens (including phenoxy) is 1. The van der Waals surface area contributed by atoms with Gasteiger partial charge in [-0.05, 0) is 18.8 Å². The van der Waals surface area contributed by atoms with Crippen LogP contribution >= 0.6 is 0 Å². The predicted molar refractivity (Wildman–Crippen MR) is 51.0 cm³/mol. The quantitative estimate of drug-likeness (QED) is 0.708. The average molecular weight is 199 g/mol. The molecule has 0 saturated heterocycles. The van der Waals surface area contributed by atoms with Crippen LogP contribution in [-0.4, -0.2) is 18.3 Å². The Hall–Kier alpha value is -1.10. The van der Waals surface area contributed by atoms with Crippen LogP contribution in [0.5, 0.6) is 0 Å². The molecule has 3 N–H and O–H groups in total. The van der Waals surface area contributed by atoms with Gasteiger partial charge in [0, 0.05) is 13.1 Å². The van der Waals surface area contributed by atoms with Gasteiger partial charge in [0.05, 0.1) is 6.61 Å². The van der Waals surface area contributed by atoms with Crippen LogP contribution in [0.25, 0.3) is 0 Å². The van der Waals surface area contributed by atoms with Gasteiger partial charge < -0.3 is 15.8 Å². The molecule has 78 valence electrons. The lowest BCUT2D eigenvalue weighted by Gasteiger charge is -2.28. The van der Waals surface area contributed by atoms with Gasteiger partial charge in [-0.2, -0.15) is 0 Å². The maximum absolute atomic E-state index is 12.8. The maximum atomic E-state index is 12.8. The Morgan fingerprint density at radius 1 is 1.79 bits per heavy atom. The van der Waals surface area contributed by atoms with Gasteiger partial charge in [-0.1, -0.05) is 0 Å². The zero-order chi connectivity index (χ0) is 10.2. The van der Waals surface area contributed by atoms with Gasteiger partial charge in [-0.15, -0.1) is 0 Å². The van der Waals surface area contributed by atoms with Crippen LogP contribution in [0.3, 0.4) is 0 Å². The van der Waals surface area contributed by atoms with Gasteiger partial charge in [-0.25, -0.2) is 9.38 Å². The number of hydrogen-bond donors (Lipinski definition) is 2. The van der Waals surface area contributed by atoms with Crippen molar-refractivity contribution in [3.8, 4) is 0 Å².